The first-order chi connectivity index (χ1) is 15.8. The smallest absolute Gasteiger partial charge is 0.306 e. The predicted octanol–water partition coefficient (Wildman–Crippen LogP) is 4.33. The van der Waals surface area contributed by atoms with Gasteiger partial charge in [0, 0.05) is 25.2 Å². The third kappa shape index (κ3) is 5.85. The lowest BCUT2D eigenvalue weighted by molar-refractivity contribution is -0.384. The Morgan fingerprint density at radius 1 is 1.18 bits per heavy atom. The maximum Gasteiger partial charge on any atom is 0.306 e. The van der Waals surface area contributed by atoms with E-state index in [4.69, 9.17) is 9.47 Å². The number of esters is 1. The first-order valence-electron chi connectivity index (χ1n) is 10.9. The van der Waals surface area contributed by atoms with Gasteiger partial charge in [0.05, 0.1) is 30.6 Å². The molecular formula is C24H27FN2O6. The molecular weight excluding hydrogens is 431 g/mol. The summed E-state index contributed by atoms with van der Waals surface area (Å²) in [6.07, 6.45) is 1.44. The fourth-order valence-electron chi connectivity index (χ4n) is 4.32. The molecule has 176 valence electrons. The maximum atomic E-state index is 13.4. The normalized spacial score (nSPS) is 15.1. The number of rotatable bonds is 8. The van der Waals surface area contributed by atoms with E-state index in [1.807, 2.05) is 0 Å². The van der Waals surface area contributed by atoms with E-state index >= 15 is 0 Å². The van der Waals surface area contributed by atoms with Gasteiger partial charge in [-0.25, -0.2) is 4.39 Å². The fourth-order valence-corrected chi connectivity index (χ4v) is 4.32. The first-order valence-corrected chi connectivity index (χ1v) is 10.9. The van der Waals surface area contributed by atoms with Crippen molar-refractivity contribution in [2.75, 3.05) is 26.8 Å². The van der Waals surface area contributed by atoms with Crippen molar-refractivity contribution in [2.45, 2.75) is 32.1 Å². The number of ether oxygens (including phenoxy) is 2. The molecule has 9 heteroatoms. The van der Waals surface area contributed by atoms with E-state index in [0.717, 1.165) is 5.56 Å². The molecule has 2 aromatic rings. The summed E-state index contributed by atoms with van der Waals surface area (Å²) in [5.74, 6) is -0.784. The molecule has 1 saturated heterocycles. The van der Waals surface area contributed by atoms with Gasteiger partial charge >= 0.3 is 5.97 Å². The second-order valence-electron chi connectivity index (χ2n) is 7.94. The quantitative estimate of drug-likeness (QED) is 0.332. The highest BCUT2D eigenvalue weighted by atomic mass is 19.1. The number of benzene rings is 2. The molecule has 1 unspecified atom stereocenters. The molecule has 0 aliphatic carbocycles. The minimum atomic E-state index is -0.550. The third-order valence-electron chi connectivity index (χ3n) is 6.01. The number of hydrogen-bond donors (Lipinski definition) is 0. The number of halogens is 1. The van der Waals surface area contributed by atoms with Crippen LogP contribution in [0.3, 0.4) is 0 Å². The fraction of sp³-hybridized carbons (Fsp3) is 0.417. The Kier molecular flexibility index (Phi) is 7.97. The Bertz CT molecular complexity index is 1000. The highest BCUT2D eigenvalue weighted by molar-refractivity contribution is 5.97. The third-order valence-corrected chi connectivity index (χ3v) is 6.01. The Hall–Kier alpha value is -3.49. The van der Waals surface area contributed by atoms with Gasteiger partial charge in [-0.05, 0) is 55.4 Å². The lowest BCUT2D eigenvalue weighted by Crippen LogP contribution is -2.40. The molecule has 1 amide bonds. The van der Waals surface area contributed by atoms with E-state index in [0.29, 0.717) is 25.9 Å². The number of non-ortho nitro benzene ring substituents is 1. The van der Waals surface area contributed by atoms with Crippen LogP contribution in [0.25, 0.3) is 0 Å². The van der Waals surface area contributed by atoms with Gasteiger partial charge < -0.3 is 14.4 Å². The molecule has 0 radical (unpaired) electrons. The lowest BCUT2D eigenvalue weighted by atomic mass is 9.78. The maximum absolute atomic E-state index is 13.4. The Morgan fingerprint density at radius 3 is 2.42 bits per heavy atom. The molecule has 0 N–H and O–H groups in total. The van der Waals surface area contributed by atoms with Crippen LogP contribution >= 0.6 is 0 Å². The van der Waals surface area contributed by atoms with E-state index in [1.165, 1.54) is 37.4 Å². The Labute approximate surface area is 191 Å². The molecule has 2 aromatic carbocycles. The van der Waals surface area contributed by atoms with Gasteiger partial charge in [-0.3, -0.25) is 19.7 Å². The second-order valence-corrected chi connectivity index (χ2v) is 7.94. The number of amides is 1. The van der Waals surface area contributed by atoms with Gasteiger partial charge in [0.15, 0.2) is 0 Å². The number of nitro benzene ring substituents is 1. The van der Waals surface area contributed by atoms with Gasteiger partial charge in [-0.1, -0.05) is 12.1 Å². The summed E-state index contributed by atoms with van der Waals surface area (Å²) in [6.45, 7) is 2.88. The molecule has 1 fully saturated rings. The van der Waals surface area contributed by atoms with Gasteiger partial charge in [0.2, 0.25) is 0 Å². The zero-order chi connectivity index (χ0) is 24.0. The zero-order valence-corrected chi connectivity index (χ0v) is 18.7. The molecule has 0 aromatic heterocycles. The molecule has 8 nitrogen and oxygen atoms in total. The Morgan fingerprint density at radius 2 is 1.85 bits per heavy atom. The van der Waals surface area contributed by atoms with Gasteiger partial charge in [-0.15, -0.1) is 0 Å². The summed E-state index contributed by atoms with van der Waals surface area (Å²) in [5.41, 5.74) is 0.821. The zero-order valence-electron chi connectivity index (χ0n) is 18.7. The Balaban J connectivity index is 1.75. The van der Waals surface area contributed by atoms with Crippen molar-refractivity contribution in [3.8, 4) is 5.75 Å². The average molecular weight is 458 g/mol. The highest BCUT2D eigenvalue weighted by Crippen LogP contribution is 2.36. The summed E-state index contributed by atoms with van der Waals surface area (Å²) in [6, 6.07) is 10.1. The van der Waals surface area contributed by atoms with E-state index in [1.54, 1.807) is 24.0 Å². The number of piperidine rings is 1. The molecule has 0 spiro atoms. The number of carbonyl (C=O) groups excluding carboxylic acids is 2. The van der Waals surface area contributed by atoms with Crippen molar-refractivity contribution in [3.05, 3.63) is 69.5 Å². The largest absolute Gasteiger partial charge is 0.496 e. The van der Waals surface area contributed by atoms with Crippen molar-refractivity contribution in [1.82, 2.24) is 4.90 Å². The minimum Gasteiger partial charge on any atom is -0.496 e. The molecule has 1 aliphatic heterocycles. The molecule has 1 aliphatic rings. The average Bonchev–Trinajstić information content (AvgIpc) is 2.82. The van der Waals surface area contributed by atoms with Crippen molar-refractivity contribution < 1.29 is 28.4 Å². The van der Waals surface area contributed by atoms with Crippen molar-refractivity contribution in [3.63, 3.8) is 0 Å². The van der Waals surface area contributed by atoms with Gasteiger partial charge in [0.1, 0.15) is 11.6 Å². The number of nitro groups is 1. The minimum absolute atomic E-state index is 0.0934. The van der Waals surface area contributed by atoms with Crippen LogP contribution in [0.15, 0.2) is 42.5 Å². The van der Waals surface area contributed by atoms with Crippen molar-refractivity contribution >= 4 is 17.6 Å². The summed E-state index contributed by atoms with van der Waals surface area (Å²) in [5, 5.41) is 11.1. The molecule has 33 heavy (non-hydrogen) atoms. The van der Waals surface area contributed by atoms with E-state index in [2.05, 4.69) is 0 Å². The molecule has 0 saturated carbocycles. The molecule has 0 bridgehead atoms. The summed E-state index contributed by atoms with van der Waals surface area (Å²) >= 11 is 0. The van der Waals surface area contributed by atoms with Crippen LogP contribution in [0.2, 0.25) is 0 Å². The summed E-state index contributed by atoms with van der Waals surface area (Å²) in [4.78, 5) is 37.6. The van der Waals surface area contributed by atoms with E-state index in [9.17, 15) is 24.1 Å². The van der Waals surface area contributed by atoms with E-state index in [-0.39, 0.29) is 59.6 Å². The summed E-state index contributed by atoms with van der Waals surface area (Å²) in [7, 11) is 1.41. The topological polar surface area (TPSA) is 99.0 Å². The number of likely N-dealkylation sites (tertiary alicyclic amines) is 1. The molecule has 1 atom stereocenters. The second kappa shape index (κ2) is 10.9. The van der Waals surface area contributed by atoms with E-state index < -0.39 is 4.92 Å². The first kappa shape index (κ1) is 24.2. The monoisotopic (exact) mass is 458 g/mol. The number of methoxy groups -OCH3 is 1. The molecule has 3 rings (SSSR count). The van der Waals surface area contributed by atoms with Crippen LogP contribution in [0.4, 0.5) is 10.1 Å². The van der Waals surface area contributed by atoms with Crippen molar-refractivity contribution in [1.29, 1.82) is 0 Å². The molecule has 1 heterocycles. The highest BCUT2D eigenvalue weighted by Gasteiger charge is 2.32. The van der Waals surface area contributed by atoms with Crippen LogP contribution in [0.1, 0.15) is 48.0 Å². The summed E-state index contributed by atoms with van der Waals surface area (Å²) < 4.78 is 23.8. The van der Waals surface area contributed by atoms with Crippen LogP contribution in [-0.4, -0.2) is 48.5 Å². The lowest BCUT2D eigenvalue weighted by Gasteiger charge is -2.36. The van der Waals surface area contributed by atoms with Crippen molar-refractivity contribution in [2.24, 2.45) is 5.92 Å². The standard InChI is InChI=1S/C24H27FN2O6/c1-3-33-23(28)15-20(16-4-6-18(25)7-5-16)17-10-12-26(13-11-17)24(29)21-14-19(27(30)31)8-9-22(21)32-2/h4-9,14,17,20H,3,10-13,15H2,1-2H3. The number of carbonyl (C=O) groups is 2. The van der Waals surface area contributed by atoms with Gasteiger partial charge in [0.25, 0.3) is 11.6 Å². The van der Waals surface area contributed by atoms with Crippen LogP contribution < -0.4 is 4.74 Å². The number of nitrogens with zero attached hydrogens (tertiary/aromatic N) is 2. The van der Waals surface area contributed by atoms with Crippen LogP contribution in [0.5, 0.6) is 5.75 Å². The van der Waals surface area contributed by atoms with Crippen LogP contribution in [-0.2, 0) is 9.53 Å². The van der Waals surface area contributed by atoms with Gasteiger partial charge in [-0.2, -0.15) is 0 Å². The van der Waals surface area contributed by atoms with Crippen LogP contribution in [0, 0.1) is 21.8 Å². The SMILES string of the molecule is CCOC(=O)CC(c1ccc(F)cc1)C1CCN(C(=O)c2cc([N+](=O)[O-])ccc2OC)CC1. The predicted molar refractivity (Wildman–Crippen MR) is 119 cm³/mol. The number of hydrogen-bond acceptors (Lipinski definition) is 6.